The van der Waals surface area contributed by atoms with E-state index in [1.165, 1.54) is 6.92 Å². The van der Waals surface area contributed by atoms with E-state index in [2.05, 4.69) is 9.99 Å². The molecule has 0 heterocycles. The van der Waals surface area contributed by atoms with Crippen LogP contribution in [-0.2, 0) is 15.2 Å². The fourth-order valence-electron chi connectivity index (χ4n) is 2.14. The smallest absolute Gasteiger partial charge is 0.331 e. The van der Waals surface area contributed by atoms with E-state index in [1.807, 2.05) is 36.4 Å². The lowest BCUT2D eigenvalue weighted by atomic mass is 9.83. The highest BCUT2D eigenvalue weighted by Crippen LogP contribution is 2.31. The highest BCUT2D eigenvalue weighted by atomic mass is 16.7. The van der Waals surface area contributed by atoms with Crippen molar-refractivity contribution >= 4 is 11.7 Å². The van der Waals surface area contributed by atoms with Gasteiger partial charge in [-0.15, -0.1) is 0 Å². The Kier molecular flexibility index (Phi) is 4.50. The first-order valence-electron chi connectivity index (χ1n) is 6.61. The molecule has 0 atom stereocenters. The van der Waals surface area contributed by atoms with Crippen molar-refractivity contribution in [3.05, 3.63) is 71.8 Å². The SMILES string of the molecule is CC(=O)O/N=C(\C)C(O)(c1ccccc1)c1ccccc1. The van der Waals surface area contributed by atoms with E-state index in [-0.39, 0.29) is 5.71 Å². The second-order valence-corrected chi connectivity index (χ2v) is 4.70. The monoisotopic (exact) mass is 283 g/mol. The van der Waals surface area contributed by atoms with E-state index < -0.39 is 11.6 Å². The van der Waals surface area contributed by atoms with Gasteiger partial charge in [0.1, 0.15) is 0 Å². The average molecular weight is 283 g/mol. The summed E-state index contributed by atoms with van der Waals surface area (Å²) in [4.78, 5) is 15.6. The van der Waals surface area contributed by atoms with Gasteiger partial charge in [-0.2, -0.15) is 0 Å². The van der Waals surface area contributed by atoms with E-state index in [0.29, 0.717) is 11.1 Å². The summed E-state index contributed by atoms with van der Waals surface area (Å²) in [5.41, 5.74) is 0.155. The maximum absolute atomic E-state index is 11.2. The number of nitrogens with zero attached hydrogens (tertiary/aromatic N) is 1. The molecule has 0 bridgehead atoms. The number of hydrogen-bond donors (Lipinski definition) is 1. The molecule has 0 aliphatic heterocycles. The van der Waals surface area contributed by atoms with Crippen molar-refractivity contribution in [1.82, 2.24) is 0 Å². The maximum Gasteiger partial charge on any atom is 0.331 e. The maximum atomic E-state index is 11.2. The molecule has 4 nitrogen and oxygen atoms in total. The summed E-state index contributed by atoms with van der Waals surface area (Å²) in [6, 6.07) is 18.3. The van der Waals surface area contributed by atoms with Crippen LogP contribution >= 0.6 is 0 Å². The molecule has 2 aromatic rings. The third-order valence-corrected chi connectivity index (χ3v) is 3.22. The molecule has 0 unspecified atom stereocenters. The molecule has 0 aliphatic rings. The second kappa shape index (κ2) is 6.33. The van der Waals surface area contributed by atoms with E-state index in [4.69, 9.17) is 0 Å². The van der Waals surface area contributed by atoms with Crippen LogP contribution in [0.1, 0.15) is 25.0 Å². The molecule has 4 heteroatoms. The van der Waals surface area contributed by atoms with Crippen LogP contribution in [0.2, 0.25) is 0 Å². The van der Waals surface area contributed by atoms with Crippen LogP contribution in [0.15, 0.2) is 65.8 Å². The number of benzene rings is 2. The van der Waals surface area contributed by atoms with Crippen LogP contribution in [0.4, 0.5) is 0 Å². The van der Waals surface area contributed by atoms with Crippen molar-refractivity contribution in [1.29, 1.82) is 0 Å². The molecule has 0 aromatic heterocycles. The molecule has 0 aliphatic carbocycles. The minimum absolute atomic E-state index is 0.287. The summed E-state index contributed by atoms with van der Waals surface area (Å²) in [7, 11) is 0. The van der Waals surface area contributed by atoms with Crippen molar-refractivity contribution in [3.63, 3.8) is 0 Å². The van der Waals surface area contributed by atoms with Crippen LogP contribution in [0.5, 0.6) is 0 Å². The van der Waals surface area contributed by atoms with Gasteiger partial charge in [0.15, 0.2) is 5.60 Å². The number of hydrogen-bond acceptors (Lipinski definition) is 4. The zero-order valence-corrected chi connectivity index (χ0v) is 12.0. The molecule has 21 heavy (non-hydrogen) atoms. The van der Waals surface area contributed by atoms with Gasteiger partial charge in [-0.1, -0.05) is 65.8 Å². The van der Waals surface area contributed by atoms with Gasteiger partial charge in [0.2, 0.25) is 0 Å². The fourth-order valence-corrected chi connectivity index (χ4v) is 2.14. The van der Waals surface area contributed by atoms with Crippen LogP contribution in [0, 0.1) is 0 Å². The Morgan fingerprint density at radius 1 is 0.952 bits per heavy atom. The first kappa shape index (κ1) is 14.9. The molecular formula is C17H17NO3. The zero-order valence-electron chi connectivity index (χ0n) is 12.0. The topological polar surface area (TPSA) is 58.9 Å². The quantitative estimate of drug-likeness (QED) is 0.533. The lowest BCUT2D eigenvalue weighted by Crippen LogP contribution is -2.35. The first-order valence-corrected chi connectivity index (χ1v) is 6.61. The van der Waals surface area contributed by atoms with E-state index in [9.17, 15) is 9.90 Å². The third kappa shape index (κ3) is 3.17. The van der Waals surface area contributed by atoms with Crippen molar-refractivity contribution in [2.75, 3.05) is 0 Å². The van der Waals surface area contributed by atoms with E-state index in [0.717, 1.165) is 0 Å². The molecule has 2 rings (SSSR count). The van der Waals surface area contributed by atoms with Crippen LogP contribution in [0.3, 0.4) is 0 Å². The Labute approximate surface area is 123 Å². The van der Waals surface area contributed by atoms with Gasteiger partial charge in [0.25, 0.3) is 0 Å². The summed E-state index contributed by atoms with van der Waals surface area (Å²) < 4.78 is 0. The Hall–Kier alpha value is -2.46. The molecule has 0 saturated heterocycles. The second-order valence-electron chi connectivity index (χ2n) is 4.70. The average Bonchev–Trinajstić information content (AvgIpc) is 2.53. The predicted octanol–water partition coefficient (Wildman–Crippen LogP) is 2.86. The molecule has 0 spiro atoms. The standard InChI is InChI=1S/C17H17NO3/c1-13(18-21-14(2)19)17(20,15-9-5-3-6-10-15)16-11-7-4-8-12-16/h3-12,20H,1-2H3/b18-13+. The zero-order chi connectivity index (χ0) is 15.3. The third-order valence-electron chi connectivity index (χ3n) is 3.22. The number of aliphatic hydroxyl groups is 1. The van der Waals surface area contributed by atoms with Gasteiger partial charge in [0.05, 0.1) is 5.71 Å². The van der Waals surface area contributed by atoms with E-state index >= 15 is 0 Å². The molecule has 108 valence electrons. The summed E-state index contributed by atoms with van der Waals surface area (Å²) in [6.07, 6.45) is 0. The lowest BCUT2D eigenvalue weighted by molar-refractivity contribution is -0.141. The number of carbonyl (C=O) groups is 1. The van der Waals surface area contributed by atoms with Crippen molar-refractivity contribution in [2.24, 2.45) is 5.16 Å². The minimum atomic E-state index is -1.45. The molecular weight excluding hydrogens is 266 g/mol. The van der Waals surface area contributed by atoms with Gasteiger partial charge < -0.3 is 9.94 Å². The van der Waals surface area contributed by atoms with E-state index in [1.54, 1.807) is 31.2 Å². The van der Waals surface area contributed by atoms with Gasteiger partial charge in [0, 0.05) is 6.92 Å². The molecule has 0 radical (unpaired) electrons. The lowest BCUT2D eigenvalue weighted by Gasteiger charge is -2.28. The molecule has 1 N–H and O–H groups in total. The Morgan fingerprint density at radius 2 is 1.38 bits per heavy atom. The van der Waals surface area contributed by atoms with Crippen molar-refractivity contribution in [2.45, 2.75) is 19.4 Å². The van der Waals surface area contributed by atoms with Gasteiger partial charge in [-0.05, 0) is 18.1 Å². The summed E-state index contributed by atoms with van der Waals surface area (Å²) >= 11 is 0. The van der Waals surface area contributed by atoms with Gasteiger partial charge >= 0.3 is 5.97 Å². The minimum Gasteiger partial charge on any atom is -0.375 e. The Morgan fingerprint density at radius 3 is 1.76 bits per heavy atom. The highest BCUT2D eigenvalue weighted by Gasteiger charge is 2.35. The molecule has 2 aromatic carbocycles. The molecule has 0 saturated carbocycles. The Bertz CT molecular complexity index is 596. The fraction of sp³-hybridized carbons (Fsp3) is 0.176. The normalized spacial score (nSPS) is 12.0. The number of carbonyl (C=O) groups excluding carboxylic acids is 1. The number of oxime groups is 1. The highest BCUT2D eigenvalue weighted by molar-refractivity contribution is 5.94. The van der Waals surface area contributed by atoms with Crippen molar-refractivity contribution in [3.8, 4) is 0 Å². The van der Waals surface area contributed by atoms with Crippen molar-refractivity contribution < 1.29 is 14.7 Å². The predicted molar refractivity (Wildman–Crippen MR) is 80.8 cm³/mol. The Balaban J connectivity index is 2.55. The van der Waals surface area contributed by atoms with Crippen LogP contribution < -0.4 is 0 Å². The largest absolute Gasteiger partial charge is 0.375 e. The van der Waals surface area contributed by atoms with Crippen LogP contribution in [0.25, 0.3) is 0 Å². The van der Waals surface area contributed by atoms with Gasteiger partial charge in [-0.25, -0.2) is 4.79 Å². The van der Waals surface area contributed by atoms with Gasteiger partial charge in [-0.3, -0.25) is 0 Å². The van der Waals surface area contributed by atoms with Crippen LogP contribution in [-0.4, -0.2) is 16.8 Å². The molecule has 0 amide bonds. The molecule has 0 fully saturated rings. The number of rotatable bonds is 4. The summed E-state index contributed by atoms with van der Waals surface area (Å²) in [5.74, 6) is -0.530. The summed E-state index contributed by atoms with van der Waals surface area (Å²) in [6.45, 7) is 2.89. The summed E-state index contributed by atoms with van der Waals surface area (Å²) in [5, 5.41) is 15.0. The first-order chi connectivity index (χ1) is 10.0.